The molecule has 124 valence electrons. The van der Waals surface area contributed by atoms with Gasteiger partial charge in [-0.2, -0.15) is 0 Å². The number of aromatic nitrogens is 4. The van der Waals surface area contributed by atoms with Gasteiger partial charge in [-0.3, -0.25) is 4.79 Å². The number of pyridine rings is 1. The maximum absolute atomic E-state index is 11.6. The zero-order chi connectivity index (χ0) is 16.5. The van der Waals surface area contributed by atoms with Crippen molar-refractivity contribution in [3.05, 3.63) is 41.1 Å². The molecule has 1 fully saturated rings. The predicted octanol–water partition coefficient (Wildman–Crippen LogP) is 2.79. The summed E-state index contributed by atoms with van der Waals surface area (Å²) in [7, 11) is 0. The Kier molecular flexibility index (Phi) is 4.15. The van der Waals surface area contributed by atoms with E-state index in [1.54, 1.807) is 4.90 Å². The van der Waals surface area contributed by atoms with E-state index in [-0.39, 0.29) is 5.91 Å². The Balaban J connectivity index is 1.39. The van der Waals surface area contributed by atoms with Crippen molar-refractivity contribution in [2.75, 3.05) is 6.54 Å². The summed E-state index contributed by atoms with van der Waals surface area (Å²) in [5.41, 5.74) is 1.74. The summed E-state index contributed by atoms with van der Waals surface area (Å²) in [5.74, 6) is 1.23. The molecule has 0 saturated carbocycles. The van der Waals surface area contributed by atoms with Crippen molar-refractivity contribution in [1.29, 1.82) is 0 Å². The van der Waals surface area contributed by atoms with E-state index < -0.39 is 0 Å². The molecular weight excluding hydrogens is 350 g/mol. The zero-order valence-corrected chi connectivity index (χ0v) is 14.3. The Bertz CT molecular complexity index is 893. The number of imidazole rings is 1. The number of amides is 1. The van der Waals surface area contributed by atoms with Crippen LogP contribution in [0.15, 0.2) is 34.2 Å². The predicted molar refractivity (Wildman–Crippen MR) is 88.7 cm³/mol. The Labute approximate surface area is 147 Å². The molecule has 1 aliphatic rings. The third kappa shape index (κ3) is 3.25. The van der Waals surface area contributed by atoms with E-state index in [1.807, 2.05) is 28.9 Å². The molecule has 0 aromatic carbocycles. The van der Waals surface area contributed by atoms with Crippen LogP contribution in [0.3, 0.4) is 0 Å². The number of halogens is 1. The van der Waals surface area contributed by atoms with Crippen LogP contribution in [-0.2, 0) is 17.1 Å². The highest BCUT2D eigenvalue weighted by Crippen LogP contribution is 2.23. The van der Waals surface area contributed by atoms with Gasteiger partial charge in [0.25, 0.3) is 5.22 Å². The van der Waals surface area contributed by atoms with Crippen LogP contribution in [0.1, 0.15) is 24.4 Å². The number of nitrogens with zero attached hydrogens (tertiary/aromatic N) is 5. The third-order valence-electron chi connectivity index (χ3n) is 3.75. The van der Waals surface area contributed by atoms with E-state index in [1.165, 1.54) is 11.8 Å². The van der Waals surface area contributed by atoms with Crippen LogP contribution >= 0.6 is 23.4 Å². The van der Waals surface area contributed by atoms with Gasteiger partial charge in [-0.1, -0.05) is 23.4 Å². The highest BCUT2D eigenvalue weighted by Gasteiger charge is 2.22. The molecular formula is C15H14ClN5O2S. The smallest absolute Gasteiger partial charge is 0.277 e. The van der Waals surface area contributed by atoms with E-state index >= 15 is 0 Å². The summed E-state index contributed by atoms with van der Waals surface area (Å²) in [5, 5.41) is 9.17. The summed E-state index contributed by atoms with van der Waals surface area (Å²) in [6.07, 6.45) is 5.24. The lowest BCUT2D eigenvalue weighted by Gasteiger charge is -2.11. The average molecular weight is 364 g/mol. The Morgan fingerprint density at radius 1 is 1.29 bits per heavy atom. The van der Waals surface area contributed by atoms with E-state index in [2.05, 4.69) is 15.2 Å². The first-order valence-electron chi connectivity index (χ1n) is 7.53. The minimum Gasteiger partial charge on any atom is -0.414 e. The molecule has 0 radical (unpaired) electrons. The van der Waals surface area contributed by atoms with Gasteiger partial charge in [0.15, 0.2) is 0 Å². The van der Waals surface area contributed by atoms with Crippen LogP contribution in [0.2, 0.25) is 5.02 Å². The van der Waals surface area contributed by atoms with Gasteiger partial charge >= 0.3 is 0 Å². The SMILES string of the molecule is O=C1CCCN1Cc1nnc(SCc2cn3cc(Cl)ccc3n2)o1. The maximum atomic E-state index is 11.6. The van der Waals surface area contributed by atoms with Gasteiger partial charge in [-0.25, -0.2) is 4.98 Å². The van der Waals surface area contributed by atoms with Crippen molar-refractivity contribution in [3.63, 3.8) is 0 Å². The second-order valence-electron chi connectivity index (χ2n) is 5.51. The van der Waals surface area contributed by atoms with Crippen LogP contribution in [0, 0.1) is 0 Å². The molecule has 0 unspecified atom stereocenters. The zero-order valence-electron chi connectivity index (χ0n) is 12.7. The Morgan fingerprint density at radius 3 is 3.04 bits per heavy atom. The number of likely N-dealkylation sites (tertiary alicyclic amines) is 1. The highest BCUT2D eigenvalue weighted by atomic mass is 35.5. The van der Waals surface area contributed by atoms with Gasteiger partial charge in [0, 0.05) is 31.1 Å². The number of hydrogen-bond acceptors (Lipinski definition) is 6. The first-order chi connectivity index (χ1) is 11.7. The van der Waals surface area contributed by atoms with Crippen molar-refractivity contribution in [1.82, 2.24) is 24.5 Å². The van der Waals surface area contributed by atoms with Crippen LogP contribution in [0.5, 0.6) is 0 Å². The molecule has 1 saturated heterocycles. The first-order valence-corrected chi connectivity index (χ1v) is 8.90. The molecule has 0 bridgehead atoms. The summed E-state index contributed by atoms with van der Waals surface area (Å²) in [4.78, 5) is 17.9. The summed E-state index contributed by atoms with van der Waals surface area (Å²) >= 11 is 7.39. The van der Waals surface area contributed by atoms with Gasteiger partial charge in [0.1, 0.15) is 5.65 Å². The molecule has 9 heteroatoms. The normalized spacial score (nSPS) is 14.9. The van der Waals surface area contributed by atoms with Crippen molar-refractivity contribution in [3.8, 4) is 0 Å². The van der Waals surface area contributed by atoms with E-state index in [4.69, 9.17) is 16.0 Å². The summed E-state index contributed by atoms with van der Waals surface area (Å²) in [6.45, 7) is 1.15. The van der Waals surface area contributed by atoms with Crippen LogP contribution in [-0.4, -0.2) is 36.9 Å². The second kappa shape index (κ2) is 6.45. The quantitative estimate of drug-likeness (QED) is 0.649. The monoisotopic (exact) mass is 363 g/mol. The van der Waals surface area contributed by atoms with Crippen LogP contribution in [0.4, 0.5) is 0 Å². The summed E-state index contributed by atoms with van der Waals surface area (Å²) < 4.78 is 7.49. The number of fused-ring (bicyclic) bond motifs is 1. The van der Waals surface area contributed by atoms with Gasteiger partial charge in [-0.15, -0.1) is 10.2 Å². The highest BCUT2D eigenvalue weighted by molar-refractivity contribution is 7.98. The fraction of sp³-hybridized carbons (Fsp3) is 0.333. The largest absolute Gasteiger partial charge is 0.414 e. The fourth-order valence-corrected chi connectivity index (χ4v) is 3.45. The third-order valence-corrected chi connectivity index (χ3v) is 4.83. The van der Waals surface area contributed by atoms with Crippen LogP contribution in [0.25, 0.3) is 5.65 Å². The lowest BCUT2D eigenvalue weighted by Crippen LogP contribution is -2.23. The standard InChI is InChI=1S/C15H14ClN5O2S/c16-10-3-4-12-17-11(7-21(12)6-10)9-24-15-19-18-13(23-15)8-20-5-1-2-14(20)22/h3-4,6-7H,1-2,5,8-9H2. The second-order valence-corrected chi connectivity index (χ2v) is 6.88. The molecule has 0 N–H and O–H groups in total. The molecule has 3 aromatic heterocycles. The topological polar surface area (TPSA) is 76.5 Å². The minimum absolute atomic E-state index is 0.144. The lowest BCUT2D eigenvalue weighted by molar-refractivity contribution is -0.128. The van der Waals surface area contributed by atoms with Crippen molar-refractivity contribution < 1.29 is 9.21 Å². The molecule has 24 heavy (non-hydrogen) atoms. The minimum atomic E-state index is 0.144. The molecule has 1 aliphatic heterocycles. The number of rotatable bonds is 5. The molecule has 7 nitrogen and oxygen atoms in total. The van der Waals surface area contributed by atoms with Gasteiger partial charge in [0.2, 0.25) is 11.8 Å². The molecule has 4 rings (SSSR count). The molecule has 1 amide bonds. The fourth-order valence-electron chi connectivity index (χ4n) is 2.62. The maximum Gasteiger partial charge on any atom is 0.277 e. The molecule has 0 spiro atoms. The van der Waals surface area contributed by atoms with Crippen molar-refractivity contribution in [2.45, 2.75) is 30.4 Å². The van der Waals surface area contributed by atoms with Crippen molar-refractivity contribution >= 4 is 34.9 Å². The number of hydrogen-bond donors (Lipinski definition) is 0. The van der Waals surface area contributed by atoms with E-state index in [9.17, 15) is 4.79 Å². The van der Waals surface area contributed by atoms with E-state index in [0.29, 0.717) is 34.9 Å². The molecule has 0 aliphatic carbocycles. The number of thioether (sulfide) groups is 1. The Morgan fingerprint density at radius 2 is 2.21 bits per heavy atom. The summed E-state index contributed by atoms with van der Waals surface area (Å²) in [6, 6.07) is 3.68. The molecule has 3 aromatic rings. The molecule has 0 atom stereocenters. The van der Waals surface area contributed by atoms with Gasteiger partial charge in [-0.05, 0) is 18.6 Å². The first kappa shape index (κ1) is 15.5. The Hall–Kier alpha value is -2.06. The number of carbonyl (C=O) groups is 1. The van der Waals surface area contributed by atoms with E-state index in [0.717, 1.165) is 24.3 Å². The van der Waals surface area contributed by atoms with Gasteiger partial charge in [0.05, 0.1) is 17.3 Å². The van der Waals surface area contributed by atoms with Crippen LogP contribution < -0.4 is 0 Å². The number of carbonyl (C=O) groups excluding carboxylic acids is 1. The van der Waals surface area contributed by atoms with Crippen molar-refractivity contribution in [2.24, 2.45) is 0 Å². The molecule has 4 heterocycles. The van der Waals surface area contributed by atoms with Gasteiger partial charge < -0.3 is 13.7 Å². The average Bonchev–Trinajstić information content (AvgIpc) is 3.26. The lowest BCUT2D eigenvalue weighted by atomic mass is 10.4.